The first-order chi connectivity index (χ1) is 26.3. The number of aliphatic carboxylic acids is 1. The number of carbonyl (C=O) groups excluding carboxylic acids is 4. The highest BCUT2D eigenvalue weighted by molar-refractivity contribution is 6.39. The number of carboxylic acid groups (broad SMARTS) is 1. The number of nitrogens with one attached hydrogen (secondary N) is 2. The smallest absolute Gasteiger partial charge is 0.305 e. The van der Waals surface area contributed by atoms with Gasteiger partial charge in [-0.05, 0) is 54.2 Å². The number of ketones is 1. The highest BCUT2D eigenvalue weighted by atomic mass is 35.5. The van der Waals surface area contributed by atoms with Crippen LogP contribution < -0.4 is 24.8 Å². The van der Waals surface area contributed by atoms with E-state index in [9.17, 15) is 29.1 Å². The molecule has 3 aromatic carbocycles. The van der Waals surface area contributed by atoms with Gasteiger partial charge in [-0.1, -0.05) is 67.4 Å². The van der Waals surface area contributed by atoms with Crippen molar-refractivity contribution in [3.05, 3.63) is 93.4 Å². The molecule has 0 saturated heterocycles. The van der Waals surface area contributed by atoms with E-state index in [1.54, 1.807) is 32.0 Å². The summed E-state index contributed by atoms with van der Waals surface area (Å²) in [5.41, 5.74) is 2.39. The first-order valence-electron chi connectivity index (χ1n) is 17.2. The number of carboxylic acids is 1. The van der Waals surface area contributed by atoms with Crippen LogP contribution >= 0.6 is 23.2 Å². The minimum absolute atomic E-state index is 0.0604. The third-order valence-electron chi connectivity index (χ3n) is 9.17. The second-order valence-electron chi connectivity index (χ2n) is 13.1. The third kappa shape index (κ3) is 9.20. The average molecular weight is 796 g/mol. The van der Waals surface area contributed by atoms with E-state index in [0.29, 0.717) is 12.8 Å². The molecule has 0 aliphatic heterocycles. The molecule has 3 N–H and O–H groups in total. The maximum Gasteiger partial charge on any atom is 0.305 e. The van der Waals surface area contributed by atoms with Gasteiger partial charge >= 0.3 is 5.97 Å². The molecule has 1 aromatic heterocycles. The van der Waals surface area contributed by atoms with E-state index in [4.69, 9.17) is 41.8 Å². The number of hydrogen-bond acceptors (Lipinski definition) is 10. The molecule has 55 heavy (non-hydrogen) atoms. The molecular formula is C39H40Cl2N4O10. The van der Waals surface area contributed by atoms with Gasteiger partial charge in [0.1, 0.15) is 12.1 Å². The zero-order chi connectivity index (χ0) is 40.0. The van der Waals surface area contributed by atoms with Gasteiger partial charge in [0.2, 0.25) is 23.3 Å². The minimum Gasteiger partial charge on any atom is -0.493 e. The number of oxazole rings is 1. The number of rotatable bonds is 16. The standard InChI is InChI=1S/C39H40Cl2N4O10/c1-20(2)34(44-37(50)23-15-28(52-3)36(54-5)29(16-23)53-4)39(51)45(24-13-21-9-6-7-10-22(21)14-24)19-31(46)43-27(17-32(47)48)35(49)38-42-18-30(55-38)33-25(40)11-8-12-26(33)41/h6-12,15-16,18,20,24,27,34H,13-14,17,19H2,1-5H3,(H,43,46)(H,44,50)(H,47,48). The van der Waals surface area contributed by atoms with Crippen LogP contribution in [0.1, 0.15) is 52.4 Å². The summed E-state index contributed by atoms with van der Waals surface area (Å²) >= 11 is 12.6. The van der Waals surface area contributed by atoms with Crippen molar-refractivity contribution in [3.8, 4) is 28.6 Å². The van der Waals surface area contributed by atoms with Crippen molar-refractivity contribution >= 4 is 52.7 Å². The number of benzene rings is 3. The van der Waals surface area contributed by atoms with Gasteiger partial charge < -0.3 is 39.3 Å². The van der Waals surface area contributed by atoms with Crippen LogP contribution in [-0.4, -0.2) is 90.5 Å². The van der Waals surface area contributed by atoms with Crippen molar-refractivity contribution in [2.75, 3.05) is 27.9 Å². The molecule has 290 valence electrons. The van der Waals surface area contributed by atoms with Crippen molar-refractivity contribution in [1.82, 2.24) is 20.5 Å². The molecule has 14 nitrogen and oxygen atoms in total. The number of Topliss-reactive ketones (excluding diaryl/α,β-unsaturated/α-hetero) is 1. The van der Waals surface area contributed by atoms with Crippen LogP contribution in [0.4, 0.5) is 0 Å². The lowest BCUT2D eigenvalue weighted by molar-refractivity contribution is -0.141. The maximum atomic E-state index is 14.5. The number of carbonyl (C=O) groups is 5. The van der Waals surface area contributed by atoms with Crippen molar-refractivity contribution in [2.45, 2.75) is 51.2 Å². The lowest BCUT2D eigenvalue weighted by atomic mass is 10.00. The summed E-state index contributed by atoms with van der Waals surface area (Å²) in [7, 11) is 4.26. The Labute approximate surface area is 327 Å². The molecule has 0 bridgehead atoms. The molecule has 1 heterocycles. The van der Waals surface area contributed by atoms with Gasteiger partial charge in [0.05, 0.1) is 56.1 Å². The fraction of sp³-hybridized carbons (Fsp3) is 0.333. The molecule has 2 atom stereocenters. The molecule has 0 spiro atoms. The summed E-state index contributed by atoms with van der Waals surface area (Å²) in [5.74, 6) is -4.40. The monoisotopic (exact) mass is 794 g/mol. The highest BCUT2D eigenvalue weighted by Crippen LogP contribution is 2.38. The lowest BCUT2D eigenvalue weighted by Crippen LogP contribution is -2.57. The first-order valence-corrected chi connectivity index (χ1v) is 17.9. The number of aromatic nitrogens is 1. The van der Waals surface area contributed by atoms with Gasteiger partial charge in [0, 0.05) is 11.6 Å². The molecule has 4 aromatic rings. The second-order valence-corrected chi connectivity index (χ2v) is 13.9. The van der Waals surface area contributed by atoms with E-state index in [1.165, 1.54) is 44.6 Å². The Morgan fingerprint density at radius 3 is 2.04 bits per heavy atom. The SMILES string of the molecule is COc1cc(C(=O)NC(C(=O)N(CC(=O)NC(CC(=O)O)C(=O)c2ncc(-c3c(Cl)cccc3Cl)o2)C2Cc3ccccc3C2)C(C)C)cc(OC)c1OC. The van der Waals surface area contributed by atoms with Crippen LogP contribution in [0.15, 0.2) is 65.2 Å². The summed E-state index contributed by atoms with van der Waals surface area (Å²) in [6.45, 7) is 2.94. The Morgan fingerprint density at radius 2 is 1.51 bits per heavy atom. The van der Waals surface area contributed by atoms with Crippen molar-refractivity contribution in [2.24, 2.45) is 5.92 Å². The number of ether oxygens (including phenoxy) is 3. The number of amides is 3. The van der Waals surface area contributed by atoms with Gasteiger partial charge in [0.25, 0.3) is 11.8 Å². The summed E-state index contributed by atoms with van der Waals surface area (Å²) in [4.78, 5) is 72.9. The summed E-state index contributed by atoms with van der Waals surface area (Å²) < 4.78 is 21.8. The average Bonchev–Trinajstić information content (AvgIpc) is 3.82. The van der Waals surface area contributed by atoms with Crippen LogP contribution in [0.5, 0.6) is 17.2 Å². The Balaban J connectivity index is 1.41. The maximum absolute atomic E-state index is 14.5. The van der Waals surface area contributed by atoms with Crippen molar-refractivity contribution < 1.29 is 47.7 Å². The van der Waals surface area contributed by atoms with Gasteiger partial charge in [-0.3, -0.25) is 24.0 Å². The summed E-state index contributed by atoms with van der Waals surface area (Å²) in [5, 5.41) is 15.4. The largest absolute Gasteiger partial charge is 0.493 e. The molecule has 2 unspecified atom stereocenters. The molecule has 0 fully saturated rings. The van der Waals surface area contributed by atoms with Crippen molar-refractivity contribution in [3.63, 3.8) is 0 Å². The zero-order valence-corrected chi connectivity index (χ0v) is 32.2. The molecule has 1 aliphatic carbocycles. The minimum atomic E-state index is -1.61. The van der Waals surface area contributed by atoms with E-state index >= 15 is 0 Å². The lowest BCUT2D eigenvalue weighted by Gasteiger charge is -2.34. The number of hydrogen-bond donors (Lipinski definition) is 3. The summed E-state index contributed by atoms with van der Waals surface area (Å²) in [6.07, 6.45) is 1.25. The number of fused-ring (bicyclic) bond motifs is 1. The van der Waals surface area contributed by atoms with Gasteiger partial charge in [-0.15, -0.1) is 0 Å². The predicted octanol–water partition coefficient (Wildman–Crippen LogP) is 5.27. The molecule has 16 heteroatoms. The van der Waals surface area contributed by atoms with Crippen LogP contribution in [0.25, 0.3) is 11.3 Å². The topological polar surface area (TPSA) is 187 Å². The van der Waals surface area contributed by atoms with E-state index in [0.717, 1.165) is 11.1 Å². The van der Waals surface area contributed by atoms with Crippen LogP contribution in [-0.2, 0) is 27.2 Å². The Hall–Kier alpha value is -5.60. The quantitative estimate of drug-likeness (QED) is 0.126. The number of nitrogens with zero attached hydrogens (tertiary/aromatic N) is 2. The molecular weight excluding hydrogens is 755 g/mol. The van der Waals surface area contributed by atoms with Gasteiger partial charge in [-0.25, -0.2) is 4.98 Å². The predicted molar refractivity (Wildman–Crippen MR) is 202 cm³/mol. The first kappa shape index (κ1) is 40.6. The van der Waals surface area contributed by atoms with E-state index < -0.39 is 72.4 Å². The second kappa shape index (κ2) is 17.7. The van der Waals surface area contributed by atoms with Gasteiger partial charge in [0.15, 0.2) is 17.3 Å². The molecule has 3 amide bonds. The fourth-order valence-electron chi connectivity index (χ4n) is 6.44. The van der Waals surface area contributed by atoms with Crippen LogP contribution in [0, 0.1) is 5.92 Å². The Bertz CT molecular complexity index is 2030. The number of halogens is 2. The summed E-state index contributed by atoms with van der Waals surface area (Å²) in [6, 6.07) is 12.1. The highest BCUT2D eigenvalue weighted by Gasteiger charge is 2.38. The third-order valence-corrected chi connectivity index (χ3v) is 9.80. The van der Waals surface area contributed by atoms with Crippen LogP contribution in [0.2, 0.25) is 10.0 Å². The molecule has 0 saturated carbocycles. The fourth-order valence-corrected chi connectivity index (χ4v) is 7.02. The van der Waals surface area contributed by atoms with E-state index in [-0.39, 0.29) is 44.2 Å². The van der Waals surface area contributed by atoms with Crippen LogP contribution in [0.3, 0.4) is 0 Å². The number of methoxy groups -OCH3 is 3. The van der Waals surface area contributed by atoms with E-state index in [2.05, 4.69) is 15.6 Å². The van der Waals surface area contributed by atoms with Crippen molar-refractivity contribution in [1.29, 1.82) is 0 Å². The van der Waals surface area contributed by atoms with E-state index in [1.807, 2.05) is 24.3 Å². The molecule has 1 aliphatic rings. The Kier molecular flexibility index (Phi) is 13.1. The zero-order valence-electron chi connectivity index (χ0n) is 30.7. The normalized spacial score (nSPS) is 13.4. The molecule has 0 radical (unpaired) electrons. The van der Waals surface area contributed by atoms with Gasteiger partial charge in [-0.2, -0.15) is 0 Å². The Morgan fingerprint density at radius 1 is 0.909 bits per heavy atom. The molecule has 5 rings (SSSR count).